The first-order chi connectivity index (χ1) is 20.5. The van der Waals surface area contributed by atoms with Crippen LogP contribution < -0.4 is 5.32 Å². The van der Waals surface area contributed by atoms with Crippen molar-refractivity contribution in [1.82, 2.24) is 20.5 Å². The number of rotatable bonds is 11. The summed E-state index contributed by atoms with van der Waals surface area (Å²) in [7, 11) is 0. The predicted molar refractivity (Wildman–Crippen MR) is 160 cm³/mol. The maximum atomic E-state index is 11.8. The van der Waals surface area contributed by atoms with Gasteiger partial charge in [-0.2, -0.15) is 5.10 Å². The lowest BCUT2D eigenvalue weighted by Gasteiger charge is -2.41. The van der Waals surface area contributed by atoms with E-state index in [1.54, 1.807) is 11.8 Å². The number of nitrogens with one attached hydrogen (secondary N) is 2. The molecule has 9 nitrogen and oxygen atoms in total. The highest BCUT2D eigenvalue weighted by atomic mass is 32.2. The first kappa shape index (κ1) is 29.5. The van der Waals surface area contributed by atoms with Crippen LogP contribution in [0.15, 0.2) is 96.9 Å². The van der Waals surface area contributed by atoms with Crippen LogP contribution in [-0.4, -0.2) is 44.8 Å². The third-order valence-electron chi connectivity index (χ3n) is 7.11. The predicted octanol–water partition coefficient (Wildman–Crippen LogP) is 5.96. The number of thioether (sulfide) groups is 1. The van der Waals surface area contributed by atoms with Crippen molar-refractivity contribution in [3.63, 3.8) is 0 Å². The number of nitrogens with zero attached hydrogens (tertiary/aromatic N) is 2. The fraction of sp³-hybridized carbons (Fsp3) is 0.281. The number of aromatic amines is 1. The van der Waals surface area contributed by atoms with E-state index in [-0.39, 0.29) is 31.3 Å². The molecule has 1 amide bonds. The first-order valence-electron chi connectivity index (χ1n) is 13.7. The molecule has 1 saturated heterocycles. The number of hydrogen-bond donors (Lipinski definition) is 3. The second kappa shape index (κ2) is 14.3. The fourth-order valence-electron chi connectivity index (χ4n) is 4.79. The minimum absolute atomic E-state index is 0.00240. The Labute approximate surface area is 249 Å². The number of alkyl carbamates (subject to hydrolysis) is 1. The summed E-state index contributed by atoms with van der Waals surface area (Å²) in [6, 6.07) is 24.0. The molecule has 1 fully saturated rings. The standard InChI is InChI=1S/C32H34N4O5S/c1-3-15-39-32(38)33-17-23-5-4-6-27(16-23)24-11-13-26(14-12-24)30-40-28(19-42-31-34-20-35-36-31)21(2)29(41-30)25-9-7-22(18-37)8-10-25/h3-14,16,20-21,28-30,37H,1,15,17-19H2,2H3,(H,33,38)(H,34,35,36)/t21-,28+,29+,30+/m1/s1. The SMILES string of the molecule is C=CCOC(=O)NCc1cccc(-c2ccc([C@H]3O[C@@H](CSc4ncn[nH]4)[C@@H](C)[C@@H](c4ccc(CO)cc4)O3)cc2)c1. The van der Waals surface area contributed by atoms with Crippen LogP contribution >= 0.6 is 11.8 Å². The van der Waals surface area contributed by atoms with Crippen LogP contribution in [0.2, 0.25) is 0 Å². The number of carbonyl (C=O) groups excluding carboxylic acids is 1. The molecule has 1 aliphatic heterocycles. The Morgan fingerprint density at radius 2 is 1.86 bits per heavy atom. The van der Waals surface area contributed by atoms with Crippen molar-refractivity contribution in [2.75, 3.05) is 12.4 Å². The van der Waals surface area contributed by atoms with Crippen molar-refractivity contribution >= 4 is 17.9 Å². The third kappa shape index (κ3) is 7.46. The smallest absolute Gasteiger partial charge is 0.407 e. The Kier molecular flexibility index (Phi) is 10.0. The van der Waals surface area contributed by atoms with Crippen molar-refractivity contribution in [1.29, 1.82) is 0 Å². The largest absolute Gasteiger partial charge is 0.445 e. The topological polar surface area (TPSA) is 119 Å². The van der Waals surface area contributed by atoms with Crippen molar-refractivity contribution in [2.45, 2.75) is 43.7 Å². The Bertz CT molecular complexity index is 1450. The number of ether oxygens (including phenoxy) is 3. The van der Waals surface area contributed by atoms with Crippen LogP contribution in [-0.2, 0) is 27.4 Å². The maximum absolute atomic E-state index is 11.8. The molecular weight excluding hydrogens is 552 g/mol. The summed E-state index contributed by atoms with van der Waals surface area (Å²) in [6.07, 6.45) is 1.68. The van der Waals surface area contributed by atoms with Crippen LogP contribution in [0.5, 0.6) is 0 Å². The molecule has 4 aromatic rings. The van der Waals surface area contributed by atoms with E-state index in [0.29, 0.717) is 12.3 Å². The number of benzene rings is 3. The molecule has 1 aliphatic rings. The highest BCUT2D eigenvalue weighted by molar-refractivity contribution is 7.99. The molecule has 4 atom stereocenters. The van der Waals surface area contributed by atoms with E-state index in [1.165, 1.54) is 12.4 Å². The fourth-order valence-corrected chi connectivity index (χ4v) is 5.73. The monoisotopic (exact) mass is 586 g/mol. The van der Waals surface area contributed by atoms with Crippen molar-refractivity contribution in [3.8, 4) is 11.1 Å². The molecule has 10 heteroatoms. The van der Waals surface area contributed by atoms with Crippen LogP contribution in [0.1, 0.15) is 41.6 Å². The van der Waals surface area contributed by atoms with Gasteiger partial charge in [-0.1, -0.05) is 98.1 Å². The summed E-state index contributed by atoms with van der Waals surface area (Å²) in [5, 5.41) is 19.8. The molecule has 1 aromatic heterocycles. The minimum atomic E-state index is -0.560. The van der Waals surface area contributed by atoms with E-state index in [1.807, 2.05) is 72.8 Å². The third-order valence-corrected chi connectivity index (χ3v) is 8.08. The zero-order chi connectivity index (χ0) is 29.3. The van der Waals surface area contributed by atoms with Crippen LogP contribution in [0.25, 0.3) is 11.1 Å². The Balaban J connectivity index is 1.31. The van der Waals surface area contributed by atoms with Gasteiger partial charge in [-0.05, 0) is 33.9 Å². The Morgan fingerprint density at radius 3 is 2.57 bits per heavy atom. The van der Waals surface area contributed by atoms with E-state index >= 15 is 0 Å². The molecule has 0 aliphatic carbocycles. The van der Waals surface area contributed by atoms with Gasteiger partial charge in [0.05, 0.1) is 18.8 Å². The lowest BCUT2D eigenvalue weighted by Crippen LogP contribution is -2.38. The molecule has 0 bridgehead atoms. The summed E-state index contributed by atoms with van der Waals surface area (Å²) in [5.41, 5.74) is 5.84. The number of H-pyrrole nitrogens is 1. The Morgan fingerprint density at radius 1 is 1.07 bits per heavy atom. The number of hydrogen-bond acceptors (Lipinski definition) is 8. The summed E-state index contributed by atoms with van der Waals surface area (Å²) >= 11 is 1.57. The lowest BCUT2D eigenvalue weighted by atomic mass is 9.91. The number of amides is 1. The molecule has 0 saturated carbocycles. The molecule has 0 spiro atoms. The lowest BCUT2D eigenvalue weighted by molar-refractivity contribution is -0.268. The van der Waals surface area contributed by atoms with E-state index in [4.69, 9.17) is 14.2 Å². The molecule has 218 valence electrons. The summed E-state index contributed by atoms with van der Waals surface area (Å²) < 4.78 is 18.1. The molecule has 5 rings (SSSR count). The summed E-state index contributed by atoms with van der Waals surface area (Å²) in [5.74, 6) is 0.753. The molecule has 0 radical (unpaired) electrons. The molecule has 3 aromatic carbocycles. The normalized spacial score (nSPS) is 20.1. The quantitative estimate of drug-likeness (QED) is 0.146. The molecule has 3 N–H and O–H groups in total. The van der Waals surface area contributed by atoms with Crippen LogP contribution in [0, 0.1) is 5.92 Å². The average Bonchev–Trinajstić information content (AvgIpc) is 3.56. The van der Waals surface area contributed by atoms with Crippen molar-refractivity contribution < 1.29 is 24.1 Å². The zero-order valence-corrected chi connectivity index (χ0v) is 24.1. The number of aliphatic hydroxyl groups excluding tert-OH is 1. The van der Waals surface area contributed by atoms with E-state index in [9.17, 15) is 9.90 Å². The molecular formula is C32H34N4O5S. The second-order valence-corrected chi connectivity index (χ2v) is 11.0. The van der Waals surface area contributed by atoms with Gasteiger partial charge in [-0.15, -0.1) is 0 Å². The van der Waals surface area contributed by atoms with Gasteiger partial charge in [0.2, 0.25) is 0 Å². The van der Waals surface area contributed by atoms with Crippen LogP contribution in [0.4, 0.5) is 4.79 Å². The van der Waals surface area contributed by atoms with Crippen molar-refractivity contribution in [3.05, 3.63) is 114 Å². The van der Waals surface area contributed by atoms with Gasteiger partial charge >= 0.3 is 6.09 Å². The van der Waals surface area contributed by atoms with E-state index < -0.39 is 12.4 Å². The molecule has 42 heavy (non-hydrogen) atoms. The average molecular weight is 587 g/mol. The summed E-state index contributed by atoms with van der Waals surface area (Å²) in [4.78, 5) is 16.0. The highest BCUT2D eigenvalue weighted by Crippen LogP contribution is 2.43. The van der Waals surface area contributed by atoms with Crippen LogP contribution in [0.3, 0.4) is 0 Å². The van der Waals surface area contributed by atoms with Gasteiger partial charge < -0.3 is 24.6 Å². The second-order valence-electron chi connectivity index (χ2n) is 9.99. The number of carbonyl (C=O) groups is 1. The van der Waals surface area contributed by atoms with Gasteiger partial charge in [0.15, 0.2) is 11.4 Å². The van der Waals surface area contributed by atoms with Crippen molar-refractivity contribution in [2.24, 2.45) is 5.92 Å². The minimum Gasteiger partial charge on any atom is -0.445 e. The first-order valence-corrected chi connectivity index (χ1v) is 14.7. The van der Waals surface area contributed by atoms with Gasteiger partial charge in [-0.25, -0.2) is 9.78 Å². The van der Waals surface area contributed by atoms with Gasteiger partial charge in [0.25, 0.3) is 0 Å². The molecule has 0 unspecified atom stereocenters. The maximum Gasteiger partial charge on any atom is 0.407 e. The zero-order valence-electron chi connectivity index (χ0n) is 23.3. The van der Waals surface area contributed by atoms with Gasteiger partial charge in [0.1, 0.15) is 12.9 Å². The Hall–Kier alpha value is -3.96. The van der Waals surface area contributed by atoms with E-state index in [0.717, 1.165) is 38.5 Å². The van der Waals surface area contributed by atoms with Gasteiger partial charge in [0, 0.05) is 23.8 Å². The highest BCUT2D eigenvalue weighted by Gasteiger charge is 2.38. The number of aromatic nitrogens is 3. The molecule has 2 heterocycles. The number of aliphatic hydroxyl groups is 1. The van der Waals surface area contributed by atoms with Gasteiger partial charge in [-0.3, -0.25) is 5.10 Å². The summed E-state index contributed by atoms with van der Waals surface area (Å²) in [6.45, 7) is 6.21. The van der Waals surface area contributed by atoms with E-state index in [2.05, 4.69) is 34.0 Å².